The van der Waals surface area contributed by atoms with E-state index in [0.29, 0.717) is 31.6 Å². The Bertz CT molecular complexity index is 1170. The van der Waals surface area contributed by atoms with E-state index in [1.165, 1.54) is 0 Å². The van der Waals surface area contributed by atoms with Crippen LogP contribution in [-0.4, -0.2) is 83.9 Å². The van der Waals surface area contributed by atoms with Gasteiger partial charge in [0.05, 0.1) is 24.8 Å². The molecule has 0 unspecified atom stereocenters. The lowest BCUT2D eigenvalue weighted by Crippen LogP contribution is -2.69. The highest BCUT2D eigenvalue weighted by molar-refractivity contribution is 6.02. The van der Waals surface area contributed by atoms with Gasteiger partial charge in [0.2, 0.25) is 5.79 Å². The number of rotatable bonds is 15. The summed E-state index contributed by atoms with van der Waals surface area (Å²) in [5, 5.41) is 34.5. The number of nitrogens with zero attached hydrogens (tertiary/aromatic N) is 2. The summed E-state index contributed by atoms with van der Waals surface area (Å²) in [5.41, 5.74) is 2.56. The first-order valence-corrected chi connectivity index (χ1v) is 15.7. The molecule has 0 radical (unpaired) electrons. The summed E-state index contributed by atoms with van der Waals surface area (Å²) in [6.45, 7) is 8.58. The highest BCUT2D eigenvalue weighted by Crippen LogP contribution is 2.61. The van der Waals surface area contributed by atoms with Crippen molar-refractivity contribution >= 4 is 11.8 Å². The van der Waals surface area contributed by atoms with Crippen LogP contribution < -0.4 is 4.74 Å². The molecule has 4 rings (SSSR count). The second-order valence-corrected chi connectivity index (χ2v) is 11.5. The van der Waals surface area contributed by atoms with Crippen LogP contribution in [0.4, 0.5) is 4.79 Å². The van der Waals surface area contributed by atoms with Gasteiger partial charge in [-0.25, -0.2) is 4.79 Å². The van der Waals surface area contributed by atoms with Gasteiger partial charge in [-0.1, -0.05) is 30.1 Å². The highest BCUT2D eigenvalue weighted by Gasteiger charge is 2.65. The maximum Gasteiger partial charge on any atom is 0.409 e. The van der Waals surface area contributed by atoms with Gasteiger partial charge >= 0.3 is 6.09 Å². The minimum Gasteiger partial charge on any atom is -0.508 e. The zero-order valence-corrected chi connectivity index (χ0v) is 25.7. The molecule has 3 N–H and O–H groups in total. The summed E-state index contributed by atoms with van der Waals surface area (Å²) < 4.78 is 19.0. The van der Waals surface area contributed by atoms with Crippen LogP contribution in [0.3, 0.4) is 0 Å². The number of oxime groups is 1. The molecule has 0 bridgehead atoms. The quantitative estimate of drug-likeness (QED) is 0.143. The Morgan fingerprint density at radius 3 is 2.58 bits per heavy atom. The Balaban J connectivity index is 1.99. The first kappa shape index (κ1) is 32.8. The van der Waals surface area contributed by atoms with Crippen LogP contribution in [0.5, 0.6) is 11.5 Å². The van der Waals surface area contributed by atoms with Crippen molar-refractivity contribution in [2.24, 2.45) is 22.9 Å². The van der Waals surface area contributed by atoms with Gasteiger partial charge in [-0.05, 0) is 75.1 Å². The molecule has 0 spiro atoms. The molecule has 1 heterocycles. The fourth-order valence-corrected chi connectivity index (χ4v) is 7.23. The van der Waals surface area contributed by atoms with Gasteiger partial charge in [-0.15, -0.1) is 6.58 Å². The smallest absolute Gasteiger partial charge is 0.409 e. The van der Waals surface area contributed by atoms with Crippen LogP contribution in [0, 0.1) is 17.8 Å². The third-order valence-electron chi connectivity index (χ3n) is 8.98. The van der Waals surface area contributed by atoms with Crippen LogP contribution in [0.1, 0.15) is 70.3 Å². The van der Waals surface area contributed by atoms with Gasteiger partial charge < -0.3 is 39.3 Å². The molecule has 0 aromatic heterocycles. The molecule has 2 aliphatic carbocycles. The predicted octanol–water partition coefficient (Wildman–Crippen LogP) is 5.13. The summed E-state index contributed by atoms with van der Waals surface area (Å²) in [6, 6.07) is 4.53. The summed E-state index contributed by atoms with van der Waals surface area (Å²) >= 11 is 0. The number of carbonyl (C=O) groups excluding carboxylic acids is 1. The van der Waals surface area contributed by atoms with Crippen molar-refractivity contribution in [2.45, 2.75) is 76.5 Å². The molecule has 1 amide bonds. The molecule has 1 aromatic rings. The molecule has 0 saturated heterocycles. The van der Waals surface area contributed by atoms with Crippen molar-refractivity contribution in [3.8, 4) is 11.5 Å². The largest absolute Gasteiger partial charge is 0.508 e. The number of hydrogen-bond acceptors (Lipinski definition) is 9. The molecule has 6 atom stereocenters. The molecular weight excluding hydrogens is 552 g/mol. The van der Waals surface area contributed by atoms with Crippen LogP contribution in [0.25, 0.3) is 0 Å². The molecule has 10 heteroatoms. The van der Waals surface area contributed by atoms with E-state index in [0.717, 1.165) is 42.5 Å². The lowest BCUT2D eigenvalue weighted by atomic mass is 9.55. The van der Waals surface area contributed by atoms with E-state index in [1.807, 2.05) is 6.92 Å². The van der Waals surface area contributed by atoms with E-state index in [4.69, 9.17) is 19.0 Å². The SMILES string of the molecule is C=CCO[C@@]12Oc3ccc(O)cc3[C@H]3[C@H](CCCCO)[C@@H](CCCCO)C=C(C(=NOCC)C[C@@H]1N(C)C(=O)OCC)[C@H]32. The van der Waals surface area contributed by atoms with E-state index in [-0.39, 0.29) is 49.9 Å². The number of unbranched alkanes of at least 4 members (excludes halogenated alkanes) is 2. The molecule has 1 saturated carbocycles. The Morgan fingerprint density at radius 2 is 1.91 bits per heavy atom. The Hall–Kier alpha value is -3.08. The van der Waals surface area contributed by atoms with E-state index in [9.17, 15) is 20.1 Å². The molecule has 1 fully saturated rings. The van der Waals surface area contributed by atoms with E-state index in [1.54, 1.807) is 43.1 Å². The van der Waals surface area contributed by atoms with Gasteiger partial charge in [0.25, 0.3) is 0 Å². The number of fused-ring (bicyclic) bond motifs is 2. The summed E-state index contributed by atoms with van der Waals surface area (Å²) in [4.78, 5) is 20.4. The van der Waals surface area contributed by atoms with Crippen LogP contribution >= 0.6 is 0 Å². The Labute approximate surface area is 254 Å². The summed E-state index contributed by atoms with van der Waals surface area (Å²) in [5.74, 6) is -0.893. The maximum absolute atomic E-state index is 13.2. The number of amides is 1. The molecule has 238 valence electrons. The molecule has 10 nitrogen and oxygen atoms in total. The van der Waals surface area contributed by atoms with Crippen molar-refractivity contribution in [1.29, 1.82) is 0 Å². The van der Waals surface area contributed by atoms with Crippen molar-refractivity contribution in [3.63, 3.8) is 0 Å². The van der Waals surface area contributed by atoms with E-state index >= 15 is 0 Å². The second-order valence-electron chi connectivity index (χ2n) is 11.5. The first-order chi connectivity index (χ1) is 20.9. The molecule has 3 aliphatic rings. The number of aliphatic hydroxyl groups is 2. The average Bonchev–Trinajstić information content (AvgIpc) is 3.00. The number of allylic oxidation sites excluding steroid dienone is 1. The number of phenols is 1. The summed E-state index contributed by atoms with van der Waals surface area (Å²) in [6.07, 6.45) is 8.53. The number of carbonyl (C=O) groups is 1. The van der Waals surface area contributed by atoms with Gasteiger partial charge in [0.1, 0.15) is 24.1 Å². The average molecular weight is 601 g/mol. The lowest BCUT2D eigenvalue weighted by molar-refractivity contribution is -0.253. The Morgan fingerprint density at radius 1 is 1.16 bits per heavy atom. The van der Waals surface area contributed by atoms with Crippen LogP contribution in [0.2, 0.25) is 0 Å². The third kappa shape index (κ3) is 6.71. The Kier molecular flexibility index (Phi) is 11.5. The number of phenolic OH excluding ortho intramolecular Hbond substituents is 1. The van der Waals surface area contributed by atoms with Crippen LogP contribution in [0.15, 0.2) is 47.7 Å². The van der Waals surface area contributed by atoms with Crippen molar-refractivity contribution in [1.82, 2.24) is 4.90 Å². The fourth-order valence-electron chi connectivity index (χ4n) is 7.23. The number of benzene rings is 1. The van der Waals surface area contributed by atoms with Crippen molar-refractivity contribution in [2.75, 3.05) is 40.1 Å². The molecular formula is C33H48N2O8. The number of likely N-dealkylation sites (N-methyl/N-ethyl adjacent to an activating group) is 1. The maximum atomic E-state index is 13.2. The second kappa shape index (κ2) is 15.1. The lowest BCUT2D eigenvalue weighted by Gasteiger charge is -2.59. The number of aromatic hydroxyl groups is 1. The highest BCUT2D eigenvalue weighted by atomic mass is 16.7. The van der Waals surface area contributed by atoms with Crippen LogP contribution in [-0.2, 0) is 14.3 Å². The minimum atomic E-state index is -1.31. The number of ether oxygens (including phenoxy) is 3. The fraction of sp³-hybridized carbons (Fsp3) is 0.636. The molecule has 43 heavy (non-hydrogen) atoms. The zero-order chi connectivity index (χ0) is 31.0. The van der Waals surface area contributed by atoms with Gasteiger partial charge in [-0.2, -0.15) is 0 Å². The molecule has 1 aromatic carbocycles. The standard InChI is InChI=1S/C33H48N2O8/c1-5-18-41-33-29(35(4)32(39)40-6-2)21-27(34-42-7-3)25-19-22(12-8-10-16-36)24(13-9-11-17-37)30(31(25)33)26-20-23(38)14-15-28(26)43-33/h5,14-15,19-20,22,24,29-31,36-38H,1,6-13,16-18,21H2,2-4H3/t22-,24+,29-,30+,31+,33+/m0/s1. The monoisotopic (exact) mass is 600 g/mol. The zero-order valence-electron chi connectivity index (χ0n) is 25.7. The normalized spacial score (nSPS) is 28.3. The van der Waals surface area contributed by atoms with E-state index < -0.39 is 23.8 Å². The third-order valence-corrected chi connectivity index (χ3v) is 8.98. The first-order valence-electron chi connectivity index (χ1n) is 15.7. The number of aliphatic hydroxyl groups excluding tert-OH is 2. The van der Waals surface area contributed by atoms with Gasteiger partial charge in [-0.3, -0.25) is 0 Å². The van der Waals surface area contributed by atoms with Gasteiger partial charge in [0, 0.05) is 38.2 Å². The van der Waals surface area contributed by atoms with E-state index in [2.05, 4.69) is 17.8 Å². The topological polar surface area (TPSA) is 130 Å². The van der Waals surface area contributed by atoms with Crippen molar-refractivity contribution < 1.29 is 39.2 Å². The number of hydrogen-bond donors (Lipinski definition) is 3. The summed E-state index contributed by atoms with van der Waals surface area (Å²) in [7, 11) is 1.69. The molecule has 1 aliphatic heterocycles. The van der Waals surface area contributed by atoms with Crippen molar-refractivity contribution in [3.05, 3.63) is 48.1 Å². The predicted molar refractivity (Wildman–Crippen MR) is 163 cm³/mol. The van der Waals surface area contributed by atoms with Gasteiger partial charge in [0.15, 0.2) is 0 Å². The minimum absolute atomic E-state index is 0.107.